The van der Waals surface area contributed by atoms with Gasteiger partial charge in [-0.05, 0) is 45.6 Å². The number of carbonyl (C=O) groups is 1. The molecule has 5 nitrogen and oxygen atoms in total. The van der Waals surface area contributed by atoms with Crippen LogP contribution in [-0.4, -0.2) is 48.3 Å². The molecule has 0 bridgehead atoms. The van der Waals surface area contributed by atoms with Crippen molar-refractivity contribution in [1.82, 2.24) is 10.2 Å². The molecule has 1 spiro atoms. The van der Waals surface area contributed by atoms with E-state index in [1.165, 1.54) is 0 Å². The zero-order chi connectivity index (χ0) is 18.1. The average Bonchev–Trinajstić information content (AvgIpc) is 3.17. The Kier molecular flexibility index (Phi) is 4.93. The molecule has 2 atom stereocenters. The summed E-state index contributed by atoms with van der Waals surface area (Å²) in [5.41, 5.74) is 0.921. The first-order valence-electron chi connectivity index (χ1n) is 10.0. The van der Waals surface area contributed by atoms with E-state index in [-0.39, 0.29) is 23.7 Å². The Morgan fingerprint density at radius 3 is 2.73 bits per heavy atom. The van der Waals surface area contributed by atoms with E-state index in [1.807, 2.05) is 18.2 Å². The molecule has 1 aromatic carbocycles. The molecule has 3 aliphatic rings. The van der Waals surface area contributed by atoms with Gasteiger partial charge in [0.25, 0.3) is 0 Å². The number of para-hydroxylation sites is 1. The topological polar surface area (TPSA) is 50.8 Å². The van der Waals surface area contributed by atoms with E-state index in [0.717, 1.165) is 56.5 Å². The highest BCUT2D eigenvalue weighted by molar-refractivity contribution is 5.81. The molecular formula is C21H30N2O3. The second kappa shape index (κ2) is 7.20. The SMILES string of the molecule is CC(C)N1CCC2(CC1)C[C@@H](NC(=O)[C@H]1CCCO1)c1ccccc1O2. The Morgan fingerprint density at radius 1 is 1.27 bits per heavy atom. The first-order valence-corrected chi connectivity index (χ1v) is 10.0. The minimum Gasteiger partial charge on any atom is -0.487 e. The van der Waals surface area contributed by atoms with Crippen molar-refractivity contribution in [2.45, 2.75) is 69.7 Å². The van der Waals surface area contributed by atoms with Gasteiger partial charge in [0.15, 0.2) is 0 Å². The van der Waals surface area contributed by atoms with Gasteiger partial charge < -0.3 is 19.7 Å². The van der Waals surface area contributed by atoms with E-state index in [2.05, 4.69) is 30.1 Å². The molecular weight excluding hydrogens is 328 g/mol. The maximum absolute atomic E-state index is 12.7. The molecule has 0 radical (unpaired) electrons. The van der Waals surface area contributed by atoms with Crippen LogP contribution in [0.4, 0.5) is 0 Å². The summed E-state index contributed by atoms with van der Waals surface area (Å²) in [6.45, 7) is 7.29. The van der Waals surface area contributed by atoms with E-state index in [1.54, 1.807) is 0 Å². The Labute approximate surface area is 156 Å². The highest BCUT2D eigenvalue weighted by Crippen LogP contribution is 2.44. The third kappa shape index (κ3) is 3.47. The Hall–Kier alpha value is -1.59. The molecule has 5 heteroatoms. The smallest absolute Gasteiger partial charge is 0.249 e. The van der Waals surface area contributed by atoms with Crippen LogP contribution in [0.2, 0.25) is 0 Å². The zero-order valence-corrected chi connectivity index (χ0v) is 15.9. The maximum atomic E-state index is 12.7. The van der Waals surface area contributed by atoms with Crippen LogP contribution in [0.1, 0.15) is 57.6 Å². The second-order valence-corrected chi connectivity index (χ2v) is 8.22. The lowest BCUT2D eigenvalue weighted by Crippen LogP contribution is -2.53. The third-order valence-corrected chi connectivity index (χ3v) is 6.18. The van der Waals surface area contributed by atoms with Crippen molar-refractivity contribution >= 4 is 5.91 Å². The molecule has 26 heavy (non-hydrogen) atoms. The Balaban J connectivity index is 1.53. The van der Waals surface area contributed by atoms with Crippen molar-refractivity contribution in [2.75, 3.05) is 19.7 Å². The summed E-state index contributed by atoms with van der Waals surface area (Å²) in [4.78, 5) is 15.2. The number of hydrogen-bond acceptors (Lipinski definition) is 4. The number of fused-ring (bicyclic) bond motifs is 1. The number of benzene rings is 1. The molecule has 1 aromatic rings. The highest BCUT2D eigenvalue weighted by Gasteiger charge is 2.44. The number of nitrogens with zero attached hydrogens (tertiary/aromatic N) is 1. The van der Waals surface area contributed by atoms with Crippen molar-refractivity contribution in [3.8, 4) is 5.75 Å². The number of likely N-dealkylation sites (tertiary alicyclic amines) is 1. The number of piperidine rings is 1. The van der Waals surface area contributed by atoms with Gasteiger partial charge in [-0.2, -0.15) is 0 Å². The van der Waals surface area contributed by atoms with E-state index >= 15 is 0 Å². The van der Waals surface area contributed by atoms with Gasteiger partial charge in [-0.3, -0.25) is 4.79 Å². The standard InChI is InChI=1S/C21H30N2O3/c1-15(2)23-11-9-21(10-12-23)14-17(16-6-3-4-7-18(16)26-21)22-20(24)19-8-5-13-25-19/h3-4,6-7,15,17,19H,5,8-14H2,1-2H3,(H,22,24)/t17-,19-/m1/s1. The Morgan fingerprint density at radius 2 is 2.04 bits per heavy atom. The summed E-state index contributed by atoms with van der Waals surface area (Å²) >= 11 is 0. The molecule has 2 saturated heterocycles. The summed E-state index contributed by atoms with van der Waals surface area (Å²) in [6.07, 6.45) is 4.36. The molecule has 0 aromatic heterocycles. The van der Waals surface area contributed by atoms with Crippen LogP contribution in [0.15, 0.2) is 24.3 Å². The first-order chi connectivity index (χ1) is 12.6. The van der Waals surface area contributed by atoms with Crippen molar-refractivity contribution in [3.63, 3.8) is 0 Å². The average molecular weight is 358 g/mol. The van der Waals surface area contributed by atoms with Gasteiger partial charge in [0.05, 0.1) is 6.04 Å². The lowest BCUT2D eigenvalue weighted by Gasteiger charge is -2.47. The van der Waals surface area contributed by atoms with Crippen LogP contribution in [0, 0.1) is 0 Å². The molecule has 3 heterocycles. The van der Waals surface area contributed by atoms with E-state index in [0.29, 0.717) is 12.6 Å². The lowest BCUT2D eigenvalue weighted by atomic mass is 9.80. The number of rotatable bonds is 3. The molecule has 0 saturated carbocycles. The first kappa shape index (κ1) is 17.8. The van der Waals surface area contributed by atoms with Crippen LogP contribution in [0.5, 0.6) is 5.75 Å². The van der Waals surface area contributed by atoms with Gasteiger partial charge in [-0.25, -0.2) is 0 Å². The normalized spacial score (nSPS) is 28.0. The highest BCUT2D eigenvalue weighted by atomic mass is 16.5. The summed E-state index contributed by atoms with van der Waals surface area (Å²) in [5.74, 6) is 0.952. The van der Waals surface area contributed by atoms with Crippen molar-refractivity contribution in [3.05, 3.63) is 29.8 Å². The van der Waals surface area contributed by atoms with Gasteiger partial charge in [-0.15, -0.1) is 0 Å². The van der Waals surface area contributed by atoms with Crippen LogP contribution in [0.25, 0.3) is 0 Å². The second-order valence-electron chi connectivity index (χ2n) is 8.22. The summed E-state index contributed by atoms with van der Waals surface area (Å²) in [6, 6.07) is 8.72. The van der Waals surface area contributed by atoms with E-state index in [9.17, 15) is 4.79 Å². The minimum absolute atomic E-state index is 0.00208. The molecule has 4 rings (SSSR count). The van der Waals surface area contributed by atoms with Crippen LogP contribution in [-0.2, 0) is 9.53 Å². The largest absolute Gasteiger partial charge is 0.487 e. The molecule has 0 unspecified atom stereocenters. The van der Waals surface area contributed by atoms with Crippen molar-refractivity contribution in [2.24, 2.45) is 0 Å². The Bertz CT molecular complexity index is 646. The van der Waals surface area contributed by atoms with Gasteiger partial charge in [0, 0.05) is 37.7 Å². The quantitative estimate of drug-likeness (QED) is 0.902. The van der Waals surface area contributed by atoms with Gasteiger partial charge in [0.2, 0.25) is 5.91 Å². The molecule has 142 valence electrons. The van der Waals surface area contributed by atoms with Gasteiger partial charge >= 0.3 is 0 Å². The van der Waals surface area contributed by atoms with Crippen molar-refractivity contribution in [1.29, 1.82) is 0 Å². The fourth-order valence-corrected chi connectivity index (χ4v) is 4.55. The number of carbonyl (C=O) groups excluding carboxylic acids is 1. The van der Waals surface area contributed by atoms with Crippen LogP contribution < -0.4 is 10.1 Å². The molecule has 1 N–H and O–H groups in total. The summed E-state index contributed by atoms with van der Waals surface area (Å²) in [5, 5.41) is 3.27. The van der Waals surface area contributed by atoms with E-state index < -0.39 is 0 Å². The van der Waals surface area contributed by atoms with Gasteiger partial charge in [-0.1, -0.05) is 18.2 Å². The maximum Gasteiger partial charge on any atom is 0.249 e. The number of amides is 1. The fourth-order valence-electron chi connectivity index (χ4n) is 4.55. The summed E-state index contributed by atoms with van der Waals surface area (Å²) in [7, 11) is 0. The third-order valence-electron chi connectivity index (χ3n) is 6.18. The number of nitrogens with one attached hydrogen (secondary N) is 1. The van der Waals surface area contributed by atoms with Crippen LogP contribution >= 0.6 is 0 Å². The monoisotopic (exact) mass is 358 g/mol. The molecule has 3 aliphatic heterocycles. The fraction of sp³-hybridized carbons (Fsp3) is 0.667. The minimum atomic E-state index is -0.288. The van der Waals surface area contributed by atoms with Gasteiger partial charge in [0.1, 0.15) is 17.5 Å². The molecule has 1 amide bonds. The predicted molar refractivity (Wildman–Crippen MR) is 100 cm³/mol. The van der Waals surface area contributed by atoms with Crippen molar-refractivity contribution < 1.29 is 14.3 Å². The zero-order valence-electron chi connectivity index (χ0n) is 15.9. The predicted octanol–water partition coefficient (Wildman–Crippen LogP) is 3.05. The van der Waals surface area contributed by atoms with Crippen LogP contribution in [0.3, 0.4) is 0 Å². The van der Waals surface area contributed by atoms with E-state index in [4.69, 9.17) is 9.47 Å². The molecule has 2 fully saturated rings. The lowest BCUT2D eigenvalue weighted by molar-refractivity contribution is -0.131. The molecule has 0 aliphatic carbocycles. The summed E-state index contributed by atoms with van der Waals surface area (Å²) < 4.78 is 12.1. The number of ether oxygens (including phenoxy) is 2. The number of hydrogen-bond donors (Lipinski definition) is 1.